The summed E-state index contributed by atoms with van der Waals surface area (Å²) in [5, 5.41) is 1.20. The van der Waals surface area contributed by atoms with Crippen LogP contribution in [-0.4, -0.2) is 71.7 Å². The van der Waals surface area contributed by atoms with Gasteiger partial charge in [-0.05, 0) is 31.4 Å². The van der Waals surface area contributed by atoms with Gasteiger partial charge in [-0.15, -0.1) is 0 Å². The number of nitrogens with one attached hydrogen (secondary N) is 1. The van der Waals surface area contributed by atoms with Crippen molar-refractivity contribution in [2.45, 2.75) is 26.3 Å². The first kappa shape index (κ1) is 20.5. The molecular weight excluding hydrogens is 416 g/mol. The van der Waals surface area contributed by atoms with Gasteiger partial charge < -0.3 is 24.4 Å². The number of amides is 1. The van der Waals surface area contributed by atoms with Crippen molar-refractivity contribution in [3.8, 4) is 0 Å². The lowest BCUT2D eigenvalue weighted by molar-refractivity contribution is -0.135. The van der Waals surface area contributed by atoms with E-state index in [0.717, 1.165) is 81.8 Å². The average Bonchev–Trinajstić information content (AvgIpc) is 3.54. The van der Waals surface area contributed by atoms with Crippen LogP contribution in [0, 0.1) is 12.3 Å². The number of likely N-dealkylation sites (tertiary alicyclic amines) is 1. The fourth-order valence-corrected chi connectivity index (χ4v) is 5.61. The van der Waals surface area contributed by atoms with Gasteiger partial charge in [0, 0.05) is 62.4 Å². The number of carbonyl (C=O) groups excluding carboxylic acids is 1. The maximum Gasteiger partial charge on any atom is 0.231 e. The molecule has 1 aromatic carbocycles. The van der Waals surface area contributed by atoms with E-state index in [1.54, 1.807) is 0 Å². The summed E-state index contributed by atoms with van der Waals surface area (Å²) in [5.74, 6) is 2.95. The van der Waals surface area contributed by atoms with Gasteiger partial charge in [0.2, 0.25) is 5.91 Å². The molecule has 6 rings (SSSR count). The van der Waals surface area contributed by atoms with Gasteiger partial charge in [0.05, 0.1) is 18.6 Å². The van der Waals surface area contributed by atoms with Crippen LogP contribution in [0.4, 0.5) is 11.6 Å². The fourth-order valence-electron chi connectivity index (χ4n) is 5.61. The minimum atomic E-state index is -0.301. The number of carbonyl (C=O) groups is 1. The maximum atomic E-state index is 13.6. The Morgan fingerprint density at radius 2 is 1.79 bits per heavy atom. The highest BCUT2D eigenvalue weighted by molar-refractivity contribution is 5.88. The number of aromatic nitrogens is 3. The molecule has 3 fully saturated rings. The third-order valence-corrected chi connectivity index (χ3v) is 7.46. The molecule has 1 N–H and O–H groups in total. The first-order chi connectivity index (χ1) is 16.1. The Balaban J connectivity index is 1.19. The molecule has 2 aromatic heterocycles. The Hall–Kier alpha value is -3.13. The summed E-state index contributed by atoms with van der Waals surface area (Å²) < 4.78 is 5.49. The third-order valence-electron chi connectivity index (χ3n) is 7.46. The molecule has 3 saturated heterocycles. The van der Waals surface area contributed by atoms with Crippen LogP contribution in [0.3, 0.4) is 0 Å². The van der Waals surface area contributed by atoms with Gasteiger partial charge in [-0.3, -0.25) is 4.79 Å². The van der Waals surface area contributed by atoms with Crippen LogP contribution in [0.5, 0.6) is 0 Å². The lowest BCUT2D eigenvalue weighted by Gasteiger charge is -2.29. The largest absolute Gasteiger partial charge is 0.378 e. The molecule has 1 atom stereocenters. The number of nitrogens with zero attached hydrogens (tertiary/aromatic N) is 5. The third kappa shape index (κ3) is 3.62. The number of aromatic amines is 1. The molecule has 0 bridgehead atoms. The molecule has 0 aliphatic carbocycles. The molecule has 5 heterocycles. The first-order valence-electron chi connectivity index (χ1n) is 11.9. The summed E-state index contributed by atoms with van der Waals surface area (Å²) >= 11 is 0. The van der Waals surface area contributed by atoms with E-state index >= 15 is 0 Å². The summed E-state index contributed by atoms with van der Waals surface area (Å²) in [6.45, 7) is 8.16. The Labute approximate surface area is 193 Å². The van der Waals surface area contributed by atoms with Gasteiger partial charge >= 0.3 is 0 Å². The van der Waals surface area contributed by atoms with Crippen molar-refractivity contribution in [3.05, 3.63) is 47.9 Å². The van der Waals surface area contributed by atoms with E-state index in [0.29, 0.717) is 6.54 Å². The summed E-state index contributed by atoms with van der Waals surface area (Å²) in [4.78, 5) is 32.9. The van der Waals surface area contributed by atoms with Gasteiger partial charge in [-0.2, -0.15) is 0 Å². The molecule has 3 aliphatic heterocycles. The van der Waals surface area contributed by atoms with E-state index in [1.165, 1.54) is 10.9 Å². The second-order valence-electron chi connectivity index (χ2n) is 9.52. The van der Waals surface area contributed by atoms with Crippen molar-refractivity contribution in [1.29, 1.82) is 0 Å². The predicted octanol–water partition coefficient (Wildman–Crippen LogP) is 2.73. The molecule has 0 saturated carbocycles. The summed E-state index contributed by atoms with van der Waals surface area (Å²) in [5.41, 5.74) is 2.01. The minimum Gasteiger partial charge on any atom is -0.378 e. The SMILES string of the molecule is Cc1nc(N2CCOCC2)cc(N2CCC3(CCN(Cc4c[nH]c5ccccc45)C3=O)C2)n1. The maximum absolute atomic E-state index is 13.6. The molecule has 33 heavy (non-hydrogen) atoms. The van der Waals surface area contributed by atoms with Crippen LogP contribution in [0.25, 0.3) is 10.9 Å². The van der Waals surface area contributed by atoms with Crippen molar-refractivity contribution >= 4 is 28.4 Å². The fraction of sp³-hybridized carbons (Fsp3) is 0.480. The highest BCUT2D eigenvalue weighted by Crippen LogP contribution is 2.43. The Bertz CT molecular complexity index is 1190. The van der Waals surface area contributed by atoms with Gasteiger partial charge in [0.25, 0.3) is 0 Å². The molecular formula is C25H30N6O2. The predicted molar refractivity (Wildman–Crippen MR) is 127 cm³/mol. The number of hydrogen-bond donors (Lipinski definition) is 1. The smallest absolute Gasteiger partial charge is 0.231 e. The zero-order valence-corrected chi connectivity index (χ0v) is 19.1. The number of aryl methyl sites for hydroxylation is 1. The van der Waals surface area contributed by atoms with E-state index in [-0.39, 0.29) is 11.3 Å². The Kier molecular flexibility index (Phi) is 4.98. The quantitative estimate of drug-likeness (QED) is 0.664. The molecule has 1 unspecified atom stereocenters. The average molecular weight is 447 g/mol. The lowest BCUT2D eigenvalue weighted by Crippen LogP contribution is -2.38. The standard InChI is InChI=1S/C25H30N6O2/c1-18-27-22(29-10-12-33-13-11-29)14-23(28-18)31-9-7-25(17-31)6-8-30(24(25)32)16-19-15-26-21-5-3-2-4-20(19)21/h2-5,14-15,26H,6-13,16-17H2,1H3. The molecule has 1 amide bonds. The number of benzene rings is 1. The number of rotatable bonds is 4. The number of ether oxygens (including phenoxy) is 1. The van der Waals surface area contributed by atoms with Gasteiger partial charge in [0.15, 0.2) is 0 Å². The van der Waals surface area contributed by atoms with E-state index in [1.807, 2.05) is 24.1 Å². The van der Waals surface area contributed by atoms with Crippen LogP contribution in [0.2, 0.25) is 0 Å². The number of morpholine rings is 1. The molecule has 172 valence electrons. The van der Waals surface area contributed by atoms with Crippen LogP contribution in [-0.2, 0) is 16.1 Å². The van der Waals surface area contributed by atoms with Crippen LogP contribution >= 0.6 is 0 Å². The lowest BCUT2D eigenvalue weighted by atomic mass is 9.85. The van der Waals surface area contributed by atoms with Crippen LogP contribution < -0.4 is 9.80 Å². The van der Waals surface area contributed by atoms with E-state index < -0.39 is 0 Å². The molecule has 8 nitrogen and oxygen atoms in total. The van der Waals surface area contributed by atoms with Crippen molar-refractivity contribution in [2.75, 3.05) is 55.7 Å². The Morgan fingerprint density at radius 1 is 1.03 bits per heavy atom. The van der Waals surface area contributed by atoms with Crippen molar-refractivity contribution in [3.63, 3.8) is 0 Å². The highest BCUT2D eigenvalue weighted by Gasteiger charge is 2.51. The molecule has 1 spiro atoms. The second kappa shape index (κ2) is 8.02. The summed E-state index contributed by atoms with van der Waals surface area (Å²) in [7, 11) is 0. The summed E-state index contributed by atoms with van der Waals surface area (Å²) in [6, 6.07) is 10.4. The second-order valence-corrected chi connectivity index (χ2v) is 9.52. The molecule has 3 aliphatic rings. The van der Waals surface area contributed by atoms with Crippen molar-refractivity contribution in [1.82, 2.24) is 19.9 Å². The normalized spacial score (nSPS) is 23.4. The van der Waals surface area contributed by atoms with Crippen molar-refractivity contribution < 1.29 is 9.53 Å². The monoisotopic (exact) mass is 446 g/mol. The van der Waals surface area contributed by atoms with Crippen LogP contribution in [0.1, 0.15) is 24.2 Å². The summed E-state index contributed by atoms with van der Waals surface area (Å²) in [6.07, 6.45) is 3.83. The van der Waals surface area contributed by atoms with Gasteiger partial charge in [0.1, 0.15) is 17.5 Å². The van der Waals surface area contributed by atoms with E-state index in [4.69, 9.17) is 9.72 Å². The zero-order chi connectivity index (χ0) is 22.4. The molecule has 3 aromatic rings. The van der Waals surface area contributed by atoms with E-state index in [2.05, 4.69) is 44.0 Å². The number of para-hydroxylation sites is 1. The topological polar surface area (TPSA) is 77.6 Å². The number of fused-ring (bicyclic) bond motifs is 1. The van der Waals surface area contributed by atoms with Crippen molar-refractivity contribution in [2.24, 2.45) is 5.41 Å². The van der Waals surface area contributed by atoms with Crippen LogP contribution in [0.15, 0.2) is 36.5 Å². The zero-order valence-electron chi connectivity index (χ0n) is 19.1. The first-order valence-corrected chi connectivity index (χ1v) is 11.9. The number of H-pyrrole nitrogens is 1. The van der Waals surface area contributed by atoms with Gasteiger partial charge in [-0.1, -0.05) is 18.2 Å². The Morgan fingerprint density at radius 3 is 2.64 bits per heavy atom. The highest BCUT2D eigenvalue weighted by atomic mass is 16.5. The minimum absolute atomic E-state index is 0.287. The van der Waals surface area contributed by atoms with E-state index in [9.17, 15) is 4.79 Å². The molecule has 0 radical (unpaired) electrons. The molecule has 8 heteroatoms. The number of hydrogen-bond acceptors (Lipinski definition) is 6. The van der Waals surface area contributed by atoms with Gasteiger partial charge in [-0.25, -0.2) is 9.97 Å². The number of anilines is 2.